The number of piperidine rings is 1. The highest BCUT2D eigenvalue weighted by Gasteiger charge is 2.21. The molecule has 2 N–H and O–H groups in total. The third kappa shape index (κ3) is 6.05. The first kappa shape index (κ1) is 16.8. The van der Waals surface area contributed by atoms with Crippen LogP contribution in [0.25, 0.3) is 0 Å². The van der Waals surface area contributed by atoms with Crippen LogP contribution in [0.4, 0.5) is 4.79 Å². The highest BCUT2D eigenvalue weighted by molar-refractivity contribution is 5.67. The van der Waals surface area contributed by atoms with Crippen LogP contribution in [0.5, 0.6) is 0 Å². The molecule has 0 spiro atoms. The Morgan fingerprint density at radius 3 is 2.77 bits per heavy atom. The van der Waals surface area contributed by atoms with Gasteiger partial charge in [0.25, 0.3) is 0 Å². The molecule has 1 aliphatic rings. The maximum Gasteiger partial charge on any atom is 0.407 e. The van der Waals surface area contributed by atoms with E-state index in [4.69, 9.17) is 4.74 Å². The second-order valence-corrected chi connectivity index (χ2v) is 6.95. The lowest BCUT2D eigenvalue weighted by atomic mass is 9.97. The van der Waals surface area contributed by atoms with Gasteiger partial charge < -0.3 is 19.9 Å². The van der Waals surface area contributed by atoms with Crippen LogP contribution in [0.15, 0.2) is 12.4 Å². The zero-order chi connectivity index (χ0) is 16.0. The molecule has 0 atom stereocenters. The van der Waals surface area contributed by atoms with E-state index >= 15 is 0 Å². The number of ether oxygens (including phenoxy) is 1. The summed E-state index contributed by atoms with van der Waals surface area (Å²) in [6.45, 7) is 9.56. The van der Waals surface area contributed by atoms with Crippen LogP contribution in [-0.2, 0) is 11.2 Å². The van der Waals surface area contributed by atoms with Gasteiger partial charge in [-0.15, -0.1) is 0 Å². The van der Waals surface area contributed by atoms with Crippen LogP contribution < -0.4 is 5.32 Å². The van der Waals surface area contributed by atoms with Gasteiger partial charge in [-0.3, -0.25) is 0 Å². The van der Waals surface area contributed by atoms with Gasteiger partial charge in [0.1, 0.15) is 11.4 Å². The Bertz CT molecular complexity index is 445. The topological polar surface area (TPSA) is 70.2 Å². The molecular formula is C16H28N4O2. The Balaban J connectivity index is 1.60. The highest BCUT2D eigenvalue weighted by atomic mass is 16.6. The molecule has 6 heteroatoms. The molecule has 1 fully saturated rings. The molecule has 0 aromatic carbocycles. The average Bonchev–Trinajstić information content (AvgIpc) is 2.95. The van der Waals surface area contributed by atoms with Gasteiger partial charge in [0.15, 0.2) is 0 Å². The summed E-state index contributed by atoms with van der Waals surface area (Å²) in [5.74, 6) is 1.60. The van der Waals surface area contributed by atoms with Crippen LogP contribution in [0.2, 0.25) is 0 Å². The minimum atomic E-state index is -0.431. The Kier molecular flexibility index (Phi) is 5.83. The molecule has 0 bridgehead atoms. The van der Waals surface area contributed by atoms with E-state index in [-0.39, 0.29) is 6.09 Å². The number of carbonyl (C=O) groups is 1. The van der Waals surface area contributed by atoms with Crippen LogP contribution >= 0.6 is 0 Å². The first-order valence-corrected chi connectivity index (χ1v) is 8.10. The minimum Gasteiger partial charge on any atom is -0.444 e. The van der Waals surface area contributed by atoms with E-state index in [1.165, 1.54) is 0 Å². The van der Waals surface area contributed by atoms with Crippen molar-refractivity contribution in [2.45, 2.75) is 45.6 Å². The first-order chi connectivity index (χ1) is 10.4. The van der Waals surface area contributed by atoms with E-state index in [2.05, 4.69) is 20.2 Å². The van der Waals surface area contributed by atoms with Gasteiger partial charge >= 0.3 is 6.09 Å². The van der Waals surface area contributed by atoms with Gasteiger partial charge in [-0.1, -0.05) is 0 Å². The molecule has 1 aromatic rings. The molecule has 22 heavy (non-hydrogen) atoms. The maximum absolute atomic E-state index is 11.6. The minimum absolute atomic E-state index is 0.312. The lowest BCUT2D eigenvalue weighted by Crippen LogP contribution is -2.40. The summed E-state index contributed by atoms with van der Waals surface area (Å²) in [5, 5.41) is 2.88. The van der Waals surface area contributed by atoms with Crippen molar-refractivity contribution in [2.75, 3.05) is 26.2 Å². The molecular weight excluding hydrogens is 280 g/mol. The fourth-order valence-electron chi connectivity index (χ4n) is 2.65. The van der Waals surface area contributed by atoms with Gasteiger partial charge in [0.2, 0.25) is 0 Å². The number of alkyl carbamates (subject to hydrolysis) is 1. The molecule has 0 saturated carbocycles. The van der Waals surface area contributed by atoms with Crippen LogP contribution in [0, 0.1) is 5.92 Å². The Morgan fingerprint density at radius 2 is 2.18 bits per heavy atom. The molecule has 0 aliphatic carbocycles. The maximum atomic E-state index is 11.6. The molecule has 1 amide bonds. The van der Waals surface area contributed by atoms with Crippen molar-refractivity contribution >= 4 is 6.09 Å². The van der Waals surface area contributed by atoms with E-state index in [1.807, 2.05) is 27.0 Å². The van der Waals surface area contributed by atoms with Crippen molar-refractivity contribution < 1.29 is 9.53 Å². The van der Waals surface area contributed by atoms with E-state index < -0.39 is 5.60 Å². The lowest BCUT2D eigenvalue weighted by molar-refractivity contribution is 0.0510. The second-order valence-electron chi connectivity index (χ2n) is 6.95. The molecule has 1 aliphatic heterocycles. The van der Waals surface area contributed by atoms with Gasteiger partial charge in [0, 0.05) is 31.9 Å². The number of nitrogens with one attached hydrogen (secondary N) is 2. The van der Waals surface area contributed by atoms with E-state index in [1.54, 1.807) is 6.20 Å². The summed E-state index contributed by atoms with van der Waals surface area (Å²) in [7, 11) is 0. The number of rotatable bonds is 5. The number of hydrogen-bond acceptors (Lipinski definition) is 4. The predicted octanol–water partition coefficient (Wildman–Crippen LogP) is 2.19. The molecule has 0 unspecified atom stereocenters. The zero-order valence-electron chi connectivity index (χ0n) is 13.9. The van der Waals surface area contributed by atoms with Crippen LogP contribution in [-0.4, -0.2) is 52.7 Å². The number of nitrogens with zero attached hydrogens (tertiary/aromatic N) is 2. The monoisotopic (exact) mass is 308 g/mol. The Labute approximate surface area is 132 Å². The Morgan fingerprint density at radius 1 is 1.45 bits per heavy atom. The van der Waals surface area contributed by atoms with Gasteiger partial charge in [-0.2, -0.15) is 0 Å². The van der Waals surface area contributed by atoms with Crippen molar-refractivity contribution in [3.63, 3.8) is 0 Å². The van der Waals surface area contributed by atoms with Gasteiger partial charge in [-0.25, -0.2) is 9.78 Å². The number of amides is 1. The third-order valence-corrected chi connectivity index (χ3v) is 3.86. The van der Waals surface area contributed by atoms with Gasteiger partial charge in [0.05, 0.1) is 0 Å². The molecule has 2 heterocycles. The molecule has 124 valence electrons. The summed E-state index contributed by atoms with van der Waals surface area (Å²) < 4.78 is 5.26. The number of carbonyl (C=O) groups excluding carboxylic acids is 1. The van der Waals surface area contributed by atoms with E-state index in [0.29, 0.717) is 12.5 Å². The standard InChI is InChI=1S/C16H28N4O2/c1-16(2,3)22-15(21)19-12-13-4-9-20(10-5-13)11-6-14-17-7-8-18-14/h7-8,13H,4-6,9-12H2,1-3H3,(H,17,18)(H,19,21). The fourth-order valence-corrected chi connectivity index (χ4v) is 2.65. The number of aromatic amines is 1. The summed E-state index contributed by atoms with van der Waals surface area (Å²) in [6.07, 6.45) is 6.55. The predicted molar refractivity (Wildman–Crippen MR) is 85.7 cm³/mol. The number of hydrogen-bond donors (Lipinski definition) is 2. The molecule has 6 nitrogen and oxygen atoms in total. The van der Waals surface area contributed by atoms with Crippen molar-refractivity contribution in [1.82, 2.24) is 20.2 Å². The smallest absolute Gasteiger partial charge is 0.407 e. The SMILES string of the molecule is CC(C)(C)OC(=O)NCC1CCN(CCc2ncc[nH]2)CC1. The number of likely N-dealkylation sites (tertiary alicyclic amines) is 1. The quantitative estimate of drug-likeness (QED) is 0.875. The molecule has 1 aromatic heterocycles. The summed E-state index contributed by atoms with van der Waals surface area (Å²) in [4.78, 5) is 21.5. The largest absolute Gasteiger partial charge is 0.444 e. The number of H-pyrrole nitrogens is 1. The lowest BCUT2D eigenvalue weighted by Gasteiger charge is -2.32. The second kappa shape index (κ2) is 7.63. The first-order valence-electron chi connectivity index (χ1n) is 8.10. The van der Waals surface area contributed by atoms with Crippen molar-refractivity contribution in [3.8, 4) is 0 Å². The molecule has 2 rings (SSSR count). The highest BCUT2D eigenvalue weighted by Crippen LogP contribution is 2.17. The van der Waals surface area contributed by atoms with E-state index in [9.17, 15) is 4.79 Å². The van der Waals surface area contributed by atoms with Crippen molar-refractivity contribution in [2.24, 2.45) is 5.92 Å². The van der Waals surface area contributed by atoms with Gasteiger partial charge in [-0.05, 0) is 52.6 Å². The summed E-state index contributed by atoms with van der Waals surface area (Å²) >= 11 is 0. The van der Waals surface area contributed by atoms with Crippen LogP contribution in [0.3, 0.4) is 0 Å². The zero-order valence-corrected chi connectivity index (χ0v) is 13.9. The van der Waals surface area contributed by atoms with Crippen molar-refractivity contribution in [3.05, 3.63) is 18.2 Å². The number of aromatic nitrogens is 2. The Hall–Kier alpha value is -1.56. The number of imidazole rings is 1. The average molecular weight is 308 g/mol. The molecule has 0 radical (unpaired) electrons. The summed E-state index contributed by atoms with van der Waals surface area (Å²) in [6, 6.07) is 0. The third-order valence-electron chi connectivity index (χ3n) is 3.86. The fraction of sp³-hybridized carbons (Fsp3) is 0.750. The van der Waals surface area contributed by atoms with E-state index in [0.717, 1.165) is 44.7 Å². The normalized spacial score (nSPS) is 17.4. The van der Waals surface area contributed by atoms with Crippen LogP contribution in [0.1, 0.15) is 39.4 Å². The molecule has 1 saturated heterocycles. The summed E-state index contributed by atoms with van der Waals surface area (Å²) in [5.41, 5.74) is -0.431. The van der Waals surface area contributed by atoms with Crippen molar-refractivity contribution in [1.29, 1.82) is 0 Å².